The van der Waals surface area contributed by atoms with Crippen LogP contribution in [0.25, 0.3) is 0 Å². The van der Waals surface area contributed by atoms with Crippen LogP contribution in [0.15, 0.2) is 24.3 Å². The summed E-state index contributed by atoms with van der Waals surface area (Å²) in [6, 6.07) is 7.31. The van der Waals surface area contributed by atoms with Gasteiger partial charge in [0.05, 0.1) is 27.4 Å². The average Bonchev–Trinajstić information content (AvgIpc) is 2.39. The van der Waals surface area contributed by atoms with Crippen molar-refractivity contribution in [2.75, 3.05) is 47.0 Å². The number of ether oxygens (including phenoxy) is 2. The number of likely N-dealkylation sites (N-methyl/N-ethyl adjacent to an activating group) is 1. The van der Waals surface area contributed by atoms with Gasteiger partial charge in [-0.15, -0.1) is 0 Å². The molecular formula is C14H20INO3. The van der Waals surface area contributed by atoms with Gasteiger partial charge in [-0.25, -0.2) is 0 Å². The molecule has 1 aromatic carbocycles. The summed E-state index contributed by atoms with van der Waals surface area (Å²) in [5, 5.41) is 0. The molecule has 1 heterocycles. The quantitative estimate of drug-likeness (QED) is 0.359. The fraction of sp³-hybridized carbons (Fsp3) is 0.500. The van der Waals surface area contributed by atoms with Crippen LogP contribution in [0.3, 0.4) is 0 Å². The number of benzene rings is 1. The number of rotatable bonds is 4. The van der Waals surface area contributed by atoms with E-state index >= 15 is 0 Å². The van der Waals surface area contributed by atoms with Gasteiger partial charge in [0, 0.05) is 5.56 Å². The van der Waals surface area contributed by atoms with Gasteiger partial charge in [0.25, 0.3) is 0 Å². The van der Waals surface area contributed by atoms with Crippen molar-refractivity contribution in [2.45, 2.75) is 0 Å². The zero-order valence-electron chi connectivity index (χ0n) is 11.4. The summed E-state index contributed by atoms with van der Waals surface area (Å²) in [6.07, 6.45) is 0. The smallest absolute Gasteiger partial charge is 0.216 e. The minimum absolute atomic E-state index is 0. The highest BCUT2D eigenvalue weighted by atomic mass is 127. The molecule has 0 amide bonds. The Hall–Kier alpha value is -0.660. The second kappa shape index (κ2) is 7.21. The van der Waals surface area contributed by atoms with Crippen molar-refractivity contribution in [1.29, 1.82) is 0 Å². The first-order valence-electron chi connectivity index (χ1n) is 6.21. The molecule has 0 aliphatic carbocycles. The Morgan fingerprint density at radius 3 is 2.37 bits per heavy atom. The molecule has 2 rings (SSSR count). The van der Waals surface area contributed by atoms with E-state index in [1.807, 2.05) is 24.3 Å². The number of morpholine rings is 1. The molecule has 0 radical (unpaired) electrons. The first-order valence-corrected chi connectivity index (χ1v) is 6.21. The number of hydrogen-bond acceptors (Lipinski definition) is 3. The lowest BCUT2D eigenvalue weighted by molar-refractivity contribution is -0.908. The van der Waals surface area contributed by atoms with Crippen LogP contribution in [0.5, 0.6) is 5.75 Å². The summed E-state index contributed by atoms with van der Waals surface area (Å²) in [4.78, 5) is 12.2. The van der Waals surface area contributed by atoms with E-state index in [2.05, 4.69) is 7.05 Å². The van der Waals surface area contributed by atoms with E-state index in [0.717, 1.165) is 42.1 Å². The summed E-state index contributed by atoms with van der Waals surface area (Å²) in [5.41, 5.74) is 0.752. The summed E-state index contributed by atoms with van der Waals surface area (Å²) in [6.45, 7) is 3.83. The van der Waals surface area contributed by atoms with Gasteiger partial charge in [0.15, 0.2) is 0 Å². The summed E-state index contributed by atoms with van der Waals surface area (Å²) in [5.74, 6) is 0.959. The molecule has 1 aliphatic heterocycles. The lowest BCUT2D eigenvalue weighted by atomic mass is 10.1. The minimum atomic E-state index is 0. The number of hydrogen-bond donors (Lipinski definition) is 0. The van der Waals surface area contributed by atoms with Crippen LogP contribution in [0.1, 0.15) is 10.4 Å². The Morgan fingerprint density at radius 1 is 1.26 bits per heavy atom. The van der Waals surface area contributed by atoms with Gasteiger partial charge in [-0.2, -0.15) is 0 Å². The van der Waals surface area contributed by atoms with Crippen LogP contribution in [-0.4, -0.2) is 57.3 Å². The van der Waals surface area contributed by atoms with Gasteiger partial charge < -0.3 is 37.9 Å². The van der Waals surface area contributed by atoms with Crippen LogP contribution in [0, 0.1) is 0 Å². The van der Waals surface area contributed by atoms with E-state index < -0.39 is 0 Å². The molecule has 0 N–H and O–H groups in total. The Balaban J connectivity index is 0.00000180. The number of ketones is 1. The molecule has 1 fully saturated rings. The van der Waals surface area contributed by atoms with Crippen molar-refractivity contribution < 1.29 is 42.7 Å². The highest BCUT2D eigenvalue weighted by Gasteiger charge is 2.28. The molecule has 19 heavy (non-hydrogen) atoms. The minimum Gasteiger partial charge on any atom is -1.00 e. The second-order valence-electron chi connectivity index (χ2n) is 4.99. The van der Waals surface area contributed by atoms with E-state index in [0.29, 0.717) is 6.54 Å². The lowest BCUT2D eigenvalue weighted by Crippen LogP contribution is -3.00. The second-order valence-corrected chi connectivity index (χ2v) is 4.99. The van der Waals surface area contributed by atoms with Crippen molar-refractivity contribution >= 4 is 5.78 Å². The summed E-state index contributed by atoms with van der Waals surface area (Å²) >= 11 is 0. The van der Waals surface area contributed by atoms with Crippen LogP contribution in [-0.2, 0) is 4.74 Å². The molecule has 0 bridgehead atoms. The summed E-state index contributed by atoms with van der Waals surface area (Å²) < 4.78 is 11.2. The Labute approximate surface area is 131 Å². The standard InChI is InChI=1S/C14H20NO3.HI/c1-15(7-9-18-10-8-15)11-14(16)12-3-5-13(17-2)6-4-12;/h3-6H,7-11H2,1-2H3;1H/q+1;/p-1. The maximum Gasteiger partial charge on any atom is 0.216 e. The Kier molecular flexibility index (Phi) is 6.22. The van der Waals surface area contributed by atoms with Crippen molar-refractivity contribution in [1.82, 2.24) is 0 Å². The molecule has 0 unspecified atom stereocenters. The van der Waals surface area contributed by atoms with Crippen LogP contribution >= 0.6 is 0 Å². The van der Waals surface area contributed by atoms with E-state index in [-0.39, 0.29) is 29.8 Å². The molecule has 0 spiro atoms. The van der Waals surface area contributed by atoms with Crippen LogP contribution < -0.4 is 28.7 Å². The maximum atomic E-state index is 12.2. The normalized spacial score (nSPS) is 17.4. The number of nitrogens with zero attached hydrogens (tertiary/aromatic N) is 1. The molecule has 0 aromatic heterocycles. The van der Waals surface area contributed by atoms with Gasteiger partial charge in [0.1, 0.15) is 25.4 Å². The highest BCUT2D eigenvalue weighted by molar-refractivity contribution is 5.97. The summed E-state index contributed by atoms with van der Waals surface area (Å²) in [7, 11) is 3.74. The van der Waals surface area contributed by atoms with E-state index in [1.54, 1.807) is 7.11 Å². The molecule has 1 aliphatic rings. The first kappa shape index (κ1) is 16.4. The molecule has 5 heteroatoms. The van der Waals surface area contributed by atoms with Crippen molar-refractivity contribution in [2.24, 2.45) is 0 Å². The monoisotopic (exact) mass is 377 g/mol. The predicted molar refractivity (Wildman–Crippen MR) is 68.9 cm³/mol. The molecule has 0 atom stereocenters. The average molecular weight is 377 g/mol. The Bertz CT molecular complexity index is 413. The number of halogens is 1. The van der Waals surface area contributed by atoms with Gasteiger partial charge >= 0.3 is 0 Å². The largest absolute Gasteiger partial charge is 1.00 e. The van der Waals surface area contributed by atoms with Gasteiger partial charge in [-0.05, 0) is 24.3 Å². The highest BCUT2D eigenvalue weighted by Crippen LogP contribution is 2.14. The van der Waals surface area contributed by atoms with Crippen LogP contribution in [0.2, 0.25) is 0 Å². The maximum absolute atomic E-state index is 12.2. The van der Waals surface area contributed by atoms with Crippen molar-refractivity contribution in [3.63, 3.8) is 0 Å². The third-order valence-corrected chi connectivity index (χ3v) is 3.49. The number of quaternary nitrogens is 1. The third-order valence-electron chi connectivity index (χ3n) is 3.49. The molecule has 1 aromatic rings. The topological polar surface area (TPSA) is 35.5 Å². The van der Waals surface area contributed by atoms with Crippen molar-refractivity contribution in [3.05, 3.63) is 29.8 Å². The fourth-order valence-electron chi connectivity index (χ4n) is 2.16. The first-order chi connectivity index (χ1) is 8.63. The lowest BCUT2D eigenvalue weighted by Gasteiger charge is -2.36. The van der Waals surface area contributed by atoms with Crippen LogP contribution in [0.4, 0.5) is 0 Å². The fourth-order valence-corrected chi connectivity index (χ4v) is 2.16. The molecule has 4 nitrogen and oxygen atoms in total. The molecule has 0 saturated carbocycles. The van der Waals surface area contributed by atoms with Gasteiger partial charge in [-0.1, -0.05) is 0 Å². The number of carbonyl (C=O) groups excluding carboxylic acids is 1. The predicted octanol–water partition coefficient (Wildman–Crippen LogP) is -1.64. The van der Waals surface area contributed by atoms with Gasteiger partial charge in [0.2, 0.25) is 5.78 Å². The van der Waals surface area contributed by atoms with E-state index in [4.69, 9.17) is 9.47 Å². The Morgan fingerprint density at radius 2 is 1.84 bits per heavy atom. The number of methoxy groups -OCH3 is 1. The SMILES string of the molecule is COc1ccc(C(=O)C[N+]2(C)CCOCC2)cc1.[I-]. The van der Waals surface area contributed by atoms with E-state index in [9.17, 15) is 4.79 Å². The number of carbonyl (C=O) groups is 1. The van der Waals surface area contributed by atoms with Crippen molar-refractivity contribution in [3.8, 4) is 5.75 Å². The zero-order valence-corrected chi connectivity index (χ0v) is 13.6. The molecular weight excluding hydrogens is 357 g/mol. The molecule has 1 saturated heterocycles. The third kappa shape index (κ3) is 4.43. The molecule has 106 valence electrons. The number of Topliss-reactive ketones (excluding diaryl/α,β-unsaturated/α-hetero) is 1. The van der Waals surface area contributed by atoms with Gasteiger partial charge in [-0.3, -0.25) is 4.79 Å². The zero-order chi connectivity index (χ0) is 13.0. The van der Waals surface area contributed by atoms with E-state index in [1.165, 1.54) is 0 Å².